The van der Waals surface area contributed by atoms with Gasteiger partial charge in [0.25, 0.3) is 0 Å². The monoisotopic (exact) mass is 307 g/mol. The van der Waals surface area contributed by atoms with E-state index in [1.807, 2.05) is 0 Å². The largest absolute Gasteiger partial charge is 0.461 e. The second-order valence-corrected chi connectivity index (χ2v) is 7.36. The summed E-state index contributed by atoms with van der Waals surface area (Å²) in [7, 11) is 0. The van der Waals surface area contributed by atoms with Gasteiger partial charge in [-0.1, -0.05) is 32.1 Å². The number of likely N-dealkylation sites (tertiary alicyclic amines) is 1. The molecule has 1 aliphatic heterocycles. The molecule has 0 spiro atoms. The summed E-state index contributed by atoms with van der Waals surface area (Å²) >= 11 is 0. The van der Waals surface area contributed by atoms with Gasteiger partial charge in [0.05, 0.1) is 0 Å². The highest BCUT2D eigenvalue weighted by Crippen LogP contribution is 2.41. The average molecular weight is 307 g/mol. The number of esters is 1. The highest BCUT2D eigenvalue weighted by molar-refractivity contribution is 5.82. The van der Waals surface area contributed by atoms with Crippen LogP contribution in [-0.2, 0) is 14.3 Å². The molecule has 1 amide bonds. The number of carbonyl (C=O) groups excluding carboxylic acids is 2. The Kier molecular flexibility index (Phi) is 5.37. The number of carbonyl (C=O) groups is 2. The molecule has 3 aliphatic rings. The molecule has 2 saturated carbocycles. The third-order valence-electron chi connectivity index (χ3n) is 5.78. The molecule has 3 atom stereocenters. The first-order chi connectivity index (χ1) is 10.7. The summed E-state index contributed by atoms with van der Waals surface area (Å²) < 4.78 is 5.70. The van der Waals surface area contributed by atoms with Crippen molar-refractivity contribution in [1.82, 2.24) is 4.90 Å². The van der Waals surface area contributed by atoms with Gasteiger partial charge in [0.1, 0.15) is 12.6 Å². The van der Waals surface area contributed by atoms with Crippen LogP contribution in [0.3, 0.4) is 0 Å². The van der Waals surface area contributed by atoms with Crippen molar-refractivity contribution in [1.29, 1.82) is 0 Å². The molecule has 124 valence electrons. The molecule has 0 aromatic heterocycles. The summed E-state index contributed by atoms with van der Waals surface area (Å²) in [4.78, 5) is 25.8. The van der Waals surface area contributed by atoms with Gasteiger partial charge in [-0.3, -0.25) is 9.59 Å². The lowest BCUT2D eigenvalue weighted by Gasteiger charge is -2.39. The van der Waals surface area contributed by atoms with Crippen molar-refractivity contribution in [3.63, 3.8) is 0 Å². The van der Waals surface area contributed by atoms with E-state index in [0.29, 0.717) is 13.0 Å². The number of ether oxygens (including phenoxy) is 1. The van der Waals surface area contributed by atoms with Crippen LogP contribution in [0.2, 0.25) is 0 Å². The summed E-state index contributed by atoms with van der Waals surface area (Å²) in [5.41, 5.74) is 0. The third kappa shape index (κ3) is 4.02. The molecule has 0 aromatic carbocycles. The van der Waals surface area contributed by atoms with E-state index in [1.54, 1.807) is 4.90 Å². The maximum Gasteiger partial charge on any atom is 0.325 e. The van der Waals surface area contributed by atoms with E-state index in [4.69, 9.17) is 4.74 Å². The standard InChI is InChI=1S/C18H29NO3/c20-17-8-2-1-5-11-19(17)13-18(21)22-16-10-9-14-6-3-4-7-15(14)12-16/h14-16H,1-13H2. The molecule has 4 nitrogen and oxygen atoms in total. The molecule has 3 unspecified atom stereocenters. The first kappa shape index (κ1) is 15.8. The molecule has 22 heavy (non-hydrogen) atoms. The Morgan fingerprint density at radius 3 is 2.68 bits per heavy atom. The lowest BCUT2D eigenvalue weighted by Crippen LogP contribution is -2.39. The zero-order valence-electron chi connectivity index (χ0n) is 13.6. The van der Waals surface area contributed by atoms with Gasteiger partial charge in [-0.25, -0.2) is 0 Å². The number of rotatable bonds is 3. The molecule has 1 saturated heterocycles. The molecule has 3 rings (SSSR count). The van der Waals surface area contributed by atoms with Gasteiger partial charge in [-0.2, -0.15) is 0 Å². The Hall–Kier alpha value is -1.06. The topological polar surface area (TPSA) is 46.6 Å². The molecule has 1 heterocycles. The predicted octanol–water partition coefficient (Wildman–Crippen LogP) is 3.29. The Labute approximate surface area is 133 Å². The average Bonchev–Trinajstić information content (AvgIpc) is 2.72. The SMILES string of the molecule is O=C(CN1CCCCCC1=O)OC1CCC2CCCCC2C1. The molecule has 0 bridgehead atoms. The van der Waals surface area contributed by atoms with Crippen LogP contribution in [0.4, 0.5) is 0 Å². The van der Waals surface area contributed by atoms with E-state index in [0.717, 1.165) is 43.9 Å². The van der Waals surface area contributed by atoms with Crippen molar-refractivity contribution >= 4 is 11.9 Å². The minimum Gasteiger partial charge on any atom is -0.461 e. The summed E-state index contributed by atoms with van der Waals surface area (Å²) in [5, 5.41) is 0. The second-order valence-electron chi connectivity index (χ2n) is 7.36. The van der Waals surface area contributed by atoms with Gasteiger partial charge in [0, 0.05) is 13.0 Å². The smallest absolute Gasteiger partial charge is 0.325 e. The fourth-order valence-electron chi connectivity index (χ4n) is 4.52. The molecule has 4 heteroatoms. The summed E-state index contributed by atoms with van der Waals surface area (Å²) in [6.07, 6.45) is 12.4. The molecular weight excluding hydrogens is 278 g/mol. The van der Waals surface area contributed by atoms with Crippen molar-refractivity contribution in [3.8, 4) is 0 Å². The van der Waals surface area contributed by atoms with Crippen LogP contribution in [0.1, 0.15) is 70.6 Å². The van der Waals surface area contributed by atoms with Crippen LogP contribution >= 0.6 is 0 Å². The van der Waals surface area contributed by atoms with E-state index >= 15 is 0 Å². The molecule has 0 aromatic rings. The fourth-order valence-corrected chi connectivity index (χ4v) is 4.52. The number of hydrogen-bond acceptors (Lipinski definition) is 3. The highest BCUT2D eigenvalue weighted by atomic mass is 16.5. The van der Waals surface area contributed by atoms with E-state index in [2.05, 4.69) is 0 Å². The maximum absolute atomic E-state index is 12.2. The minimum atomic E-state index is -0.200. The zero-order valence-corrected chi connectivity index (χ0v) is 13.6. The number of nitrogens with zero attached hydrogens (tertiary/aromatic N) is 1. The van der Waals surface area contributed by atoms with Crippen molar-refractivity contribution in [2.75, 3.05) is 13.1 Å². The van der Waals surface area contributed by atoms with Crippen LogP contribution in [0.25, 0.3) is 0 Å². The quantitative estimate of drug-likeness (QED) is 0.752. The van der Waals surface area contributed by atoms with Gasteiger partial charge in [-0.05, 0) is 43.9 Å². The summed E-state index contributed by atoms with van der Waals surface area (Å²) in [6.45, 7) is 0.868. The highest BCUT2D eigenvalue weighted by Gasteiger charge is 2.34. The Balaban J connectivity index is 1.46. The summed E-state index contributed by atoms with van der Waals surface area (Å²) in [5.74, 6) is 1.55. The first-order valence-electron chi connectivity index (χ1n) is 9.19. The normalized spacial score (nSPS) is 33.0. The maximum atomic E-state index is 12.2. The molecule has 3 fully saturated rings. The molecule has 2 aliphatic carbocycles. The van der Waals surface area contributed by atoms with Crippen LogP contribution in [-0.4, -0.2) is 36.0 Å². The van der Waals surface area contributed by atoms with Crippen LogP contribution < -0.4 is 0 Å². The van der Waals surface area contributed by atoms with E-state index in [9.17, 15) is 9.59 Å². The summed E-state index contributed by atoms with van der Waals surface area (Å²) in [6, 6.07) is 0. The zero-order chi connectivity index (χ0) is 15.4. The van der Waals surface area contributed by atoms with Crippen molar-refractivity contribution in [3.05, 3.63) is 0 Å². The predicted molar refractivity (Wildman–Crippen MR) is 84.2 cm³/mol. The number of hydrogen-bond donors (Lipinski definition) is 0. The van der Waals surface area contributed by atoms with E-state index in [-0.39, 0.29) is 24.5 Å². The van der Waals surface area contributed by atoms with Gasteiger partial charge >= 0.3 is 5.97 Å². The Morgan fingerprint density at radius 1 is 1.00 bits per heavy atom. The van der Waals surface area contributed by atoms with Gasteiger partial charge in [-0.15, -0.1) is 0 Å². The van der Waals surface area contributed by atoms with Crippen LogP contribution in [0.5, 0.6) is 0 Å². The number of fused-ring (bicyclic) bond motifs is 1. The first-order valence-corrected chi connectivity index (χ1v) is 9.19. The van der Waals surface area contributed by atoms with Crippen LogP contribution in [0, 0.1) is 11.8 Å². The number of amides is 1. The van der Waals surface area contributed by atoms with Crippen molar-refractivity contribution in [2.45, 2.75) is 76.7 Å². The van der Waals surface area contributed by atoms with Crippen molar-refractivity contribution in [2.24, 2.45) is 11.8 Å². The van der Waals surface area contributed by atoms with Gasteiger partial charge in [0.15, 0.2) is 0 Å². The molecule has 0 radical (unpaired) electrons. The Morgan fingerprint density at radius 2 is 1.82 bits per heavy atom. The van der Waals surface area contributed by atoms with E-state index in [1.165, 1.54) is 32.1 Å². The van der Waals surface area contributed by atoms with Gasteiger partial charge < -0.3 is 9.64 Å². The third-order valence-corrected chi connectivity index (χ3v) is 5.78. The lowest BCUT2D eigenvalue weighted by molar-refractivity contribution is -0.156. The molecule has 0 N–H and O–H groups in total. The fraction of sp³-hybridized carbons (Fsp3) is 0.889. The molecular formula is C18H29NO3. The van der Waals surface area contributed by atoms with Gasteiger partial charge in [0.2, 0.25) is 5.91 Å². The Bertz CT molecular complexity index is 409. The minimum absolute atomic E-state index is 0.0916. The second kappa shape index (κ2) is 7.47. The van der Waals surface area contributed by atoms with Crippen LogP contribution in [0.15, 0.2) is 0 Å². The van der Waals surface area contributed by atoms with Crippen molar-refractivity contribution < 1.29 is 14.3 Å². The van der Waals surface area contributed by atoms with E-state index < -0.39 is 0 Å². The lowest BCUT2D eigenvalue weighted by atomic mass is 9.70.